The van der Waals surface area contributed by atoms with Crippen molar-refractivity contribution in [1.29, 1.82) is 0 Å². The van der Waals surface area contributed by atoms with E-state index in [1.807, 2.05) is 0 Å². The van der Waals surface area contributed by atoms with Crippen LogP contribution >= 0.6 is 24.8 Å². The second-order valence-corrected chi connectivity index (χ2v) is 6.04. The summed E-state index contributed by atoms with van der Waals surface area (Å²) in [6.07, 6.45) is 6.98. The normalized spacial score (nSPS) is 25.7. The van der Waals surface area contributed by atoms with Crippen LogP contribution in [-0.4, -0.2) is 62.7 Å². The molecule has 3 nitrogen and oxygen atoms in total. The van der Waals surface area contributed by atoms with Gasteiger partial charge in [0.1, 0.15) is 0 Å². The Labute approximate surface area is 131 Å². The first-order valence-corrected chi connectivity index (χ1v) is 7.35. The molecule has 2 fully saturated rings. The van der Waals surface area contributed by atoms with Crippen LogP contribution in [-0.2, 0) is 0 Å². The summed E-state index contributed by atoms with van der Waals surface area (Å²) in [6, 6.07) is 0.789. The Bertz CT molecular complexity index is 221. The van der Waals surface area contributed by atoms with Crippen LogP contribution in [0.2, 0.25) is 0 Å². The number of nitrogens with zero attached hydrogens (tertiary/aromatic N) is 2. The number of rotatable bonds is 4. The molecule has 116 valence electrons. The zero-order chi connectivity index (χ0) is 12.1. The molecule has 2 heterocycles. The molecule has 0 amide bonds. The SMILES string of the molecule is CN(C)C1CCCN(CCC2CCNCC2)C1.Cl.Cl. The highest BCUT2D eigenvalue weighted by molar-refractivity contribution is 5.85. The van der Waals surface area contributed by atoms with E-state index in [-0.39, 0.29) is 24.8 Å². The number of halogens is 2. The van der Waals surface area contributed by atoms with Crippen LogP contribution in [0.15, 0.2) is 0 Å². The molecule has 0 aromatic rings. The lowest BCUT2D eigenvalue weighted by Crippen LogP contribution is -2.45. The van der Waals surface area contributed by atoms with Crippen molar-refractivity contribution < 1.29 is 0 Å². The summed E-state index contributed by atoms with van der Waals surface area (Å²) in [5.41, 5.74) is 0. The molecule has 2 saturated heterocycles. The van der Waals surface area contributed by atoms with Crippen LogP contribution in [0.5, 0.6) is 0 Å². The van der Waals surface area contributed by atoms with Crippen molar-refractivity contribution in [2.75, 3.05) is 46.8 Å². The van der Waals surface area contributed by atoms with Crippen molar-refractivity contribution in [3.8, 4) is 0 Å². The summed E-state index contributed by atoms with van der Waals surface area (Å²) in [6.45, 7) is 6.43. The van der Waals surface area contributed by atoms with Gasteiger partial charge in [-0.25, -0.2) is 0 Å². The van der Waals surface area contributed by atoms with Crippen molar-refractivity contribution in [3.63, 3.8) is 0 Å². The number of hydrogen-bond donors (Lipinski definition) is 1. The van der Waals surface area contributed by atoms with Crippen LogP contribution < -0.4 is 5.32 Å². The fourth-order valence-electron chi connectivity index (χ4n) is 3.19. The Hall–Kier alpha value is 0.460. The molecule has 0 aromatic carbocycles. The molecular weight excluding hydrogens is 281 g/mol. The Morgan fingerprint density at radius 3 is 2.42 bits per heavy atom. The largest absolute Gasteiger partial charge is 0.317 e. The molecule has 0 saturated carbocycles. The highest BCUT2D eigenvalue weighted by Gasteiger charge is 2.22. The van der Waals surface area contributed by atoms with E-state index < -0.39 is 0 Å². The van der Waals surface area contributed by atoms with Gasteiger partial charge in [-0.15, -0.1) is 24.8 Å². The van der Waals surface area contributed by atoms with Crippen molar-refractivity contribution in [1.82, 2.24) is 15.1 Å². The van der Waals surface area contributed by atoms with E-state index in [4.69, 9.17) is 0 Å². The van der Waals surface area contributed by atoms with Gasteiger partial charge in [-0.05, 0) is 78.3 Å². The minimum Gasteiger partial charge on any atom is -0.317 e. The first kappa shape index (κ1) is 19.5. The molecule has 1 unspecified atom stereocenters. The van der Waals surface area contributed by atoms with Gasteiger partial charge in [0.25, 0.3) is 0 Å². The summed E-state index contributed by atoms with van der Waals surface area (Å²) in [5.74, 6) is 0.982. The lowest BCUT2D eigenvalue weighted by Gasteiger charge is -2.37. The third kappa shape index (κ3) is 6.63. The van der Waals surface area contributed by atoms with Gasteiger partial charge in [0, 0.05) is 12.6 Å². The average molecular weight is 312 g/mol. The van der Waals surface area contributed by atoms with Gasteiger partial charge in [-0.3, -0.25) is 0 Å². The summed E-state index contributed by atoms with van der Waals surface area (Å²) in [4.78, 5) is 5.09. The number of likely N-dealkylation sites (N-methyl/N-ethyl adjacent to an activating group) is 1. The molecule has 2 aliphatic heterocycles. The third-order valence-electron chi connectivity index (χ3n) is 4.52. The number of likely N-dealkylation sites (tertiary alicyclic amines) is 1. The molecule has 2 rings (SSSR count). The van der Waals surface area contributed by atoms with Crippen LogP contribution in [0.3, 0.4) is 0 Å². The van der Waals surface area contributed by atoms with E-state index in [0.717, 1.165) is 12.0 Å². The minimum atomic E-state index is 0. The zero-order valence-electron chi connectivity index (χ0n) is 12.4. The Morgan fingerprint density at radius 2 is 1.79 bits per heavy atom. The zero-order valence-corrected chi connectivity index (χ0v) is 14.1. The smallest absolute Gasteiger partial charge is 0.0217 e. The van der Waals surface area contributed by atoms with E-state index in [0.29, 0.717) is 0 Å². The number of nitrogens with one attached hydrogen (secondary N) is 1. The fraction of sp³-hybridized carbons (Fsp3) is 1.00. The third-order valence-corrected chi connectivity index (χ3v) is 4.52. The minimum absolute atomic E-state index is 0. The Morgan fingerprint density at radius 1 is 1.11 bits per heavy atom. The maximum Gasteiger partial charge on any atom is 0.0217 e. The van der Waals surface area contributed by atoms with E-state index in [2.05, 4.69) is 29.2 Å². The van der Waals surface area contributed by atoms with Crippen LogP contribution in [0.25, 0.3) is 0 Å². The molecule has 2 aliphatic rings. The van der Waals surface area contributed by atoms with E-state index in [1.54, 1.807) is 0 Å². The van der Waals surface area contributed by atoms with Crippen LogP contribution in [0, 0.1) is 5.92 Å². The molecule has 0 aliphatic carbocycles. The molecular formula is C14H31Cl2N3. The molecule has 0 aromatic heterocycles. The van der Waals surface area contributed by atoms with Crippen LogP contribution in [0.1, 0.15) is 32.1 Å². The molecule has 1 atom stereocenters. The van der Waals surface area contributed by atoms with Gasteiger partial charge < -0.3 is 15.1 Å². The predicted octanol–water partition coefficient (Wildman–Crippen LogP) is 2.25. The lowest BCUT2D eigenvalue weighted by atomic mass is 9.94. The standard InChI is InChI=1S/C14H29N3.2ClH/c1-16(2)14-4-3-10-17(12-14)11-7-13-5-8-15-9-6-13;;/h13-15H,3-12H2,1-2H3;2*1H. The van der Waals surface area contributed by atoms with E-state index in [1.165, 1.54) is 64.8 Å². The second kappa shape index (κ2) is 10.2. The first-order chi connectivity index (χ1) is 8.25. The summed E-state index contributed by atoms with van der Waals surface area (Å²) in [7, 11) is 4.45. The molecule has 0 bridgehead atoms. The van der Waals surface area contributed by atoms with Crippen molar-refractivity contribution in [2.24, 2.45) is 5.92 Å². The molecule has 19 heavy (non-hydrogen) atoms. The molecule has 5 heteroatoms. The van der Waals surface area contributed by atoms with Crippen LogP contribution in [0.4, 0.5) is 0 Å². The Balaban J connectivity index is 0.00000162. The quantitative estimate of drug-likeness (QED) is 0.859. The van der Waals surface area contributed by atoms with Gasteiger partial charge in [0.2, 0.25) is 0 Å². The topological polar surface area (TPSA) is 18.5 Å². The first-order valence-electron chi connectivity index (χ1n) is 7.35. The maximum absolute atomic E-state index is 3.45. The monoisotopic (exact) mass is 311 g/mol. The van der Waals surface area contributed by atoms with Gasteiger partial charge >= 0.3 is 0 Å². The second-order valence-electron chi connectivity index (χ2n) is 6.04. The average Bonchev–Trinajstić information content (AvgIpc) is 2.38. The highest BCUT2D eigenvalue weighted by Crippen LogP contribution is 2.19. The van der Waals surface area contributed by atoms with E-state index >= 15 is 0 Å². The summed E-state index contributed by atoms with van der Waals surface area (Å²) in [5, 5.41) is 3.45. The summed E-state index contributed by atoms with van der Waals surface area (Å²) < 4.78 is 0. The molecule has 0 spiro atoms. The Kier molecular flexibility index (Phi) is 10.5. The van der Waals surface area contributed by atoms with Gasteiger partial charge in [-0.2, -0.15) is 0 Å². The molecule has 0 radical (unpaired) electrons. The maximum atomic E-state index is 3.45. The van der Waals surface area contributed by atoms with Crippen molar-refractivity contribution in [2.45, 2.75) is 38.1 Å². The summed E-state index contributed by atoms with van der Waals surface area (Å²) >= 11 is 0. The predicted molar refractivity (Wildman–Crippen MR) is 87.9 cm³/mol. The van der Waals surface area contributed by atoms with Gasteiger partial charge in [0.15, 0.2) is 0 Å². The van der Waals surface area contributed by atoms with Crippen molar-refractivity contribution in [3.05, 3.63) is 0 Å². The number of piperidine rings is 2. The highest BCUT2D eigenvalue weighted by atomic mass is 35.5. The van der Waals surface area contributed by atoms with Gasteiger partial charge in [-0.1, -0.05) is 0 Å². The van der Waals surface area contributed by atoms with E-state index in [9.17, 15) is 0 Å². The number of hydrogen-bond acceptors (Lipinski definition) is 3. The lowest BCUT2D eigenvalue weighted by molar-refractivity contribution is 0.125. The fourth-order valence-corrected chi connectivity index (χ4v) is 3.19. The van der Waals surface area contributed by atoms with Gasteiger partial charge in [0.05, 0.1) is 0 Å². The van der Waals surface area contributed by atoms with Crippen molar-refractivity contribution >= 4 is 24.8 Å². The molecule has 1 N–H and O–H groups in total.